The Balaban J connectivity index is 2.80. The molecular formula is C9H7BrNO. The van der Waals surface area contributed by atoms with Crippen molar-refractivity contribution >= 4 is 26.8 Å². The van der Waals surface area contributed by atoms with E-state index in [1.807, 2.05) is 18.2 Å². The molecule has 0 amide bonds. The number of nitrogens with one attached hydrogen (secondary N) is 1. The molecule has 1 N–H and O–H groups in total. The van der Waals surface area contributed by atoms with Gasteiger partial charge < -0.3 is 9.72 Å². The van der Waals surface area contributed by atoms with Crippen molar-refractivity contribution in [1.82, 2.24) is 4.98 Å². The Morgan fingerprint density at radius 2 is 2.33 bits per heavy atom. The van der Waals surface area contributed by atoms with E-state index in [2.05, 4.69) is 27.1 Å². The van der Waals surface area contributed by atoms with Crippen LogP contribution in [0.1, 0.15) is 0 Å². The summed E-state index contributed by atoms with van der Waals surface area (Å²) in [6.45, 7) is 0. The number of rotatable bonds is 1. The number of aromatic amines is 1. The average molecular weight is 225 g/mol. The zero-order valence-corrected chi connectivity index (χ0v) is 8.10. The van der Waals surface area contributed by atoms with Gasteiger partial charge in [0.15, 0.2) is 0 Å². The Labute approximate surface area is 78.7 Å². The van der Waals surface area contributed by atoms with Crippen LogP contribution in [0.5, 0.6) is 5.75 Å². The molecule has 3 heteroatoms. The van der Waals surface area contributed by atoms with Crippen LogP contribution >= 0.6 is 15.9 Å². The number of hydrogen-bond donors (Lipinski definition) is 1. The van der Waals surface area contributed by atoms with E-state index in [-0.39, 0.29) is 0 Å². The van der Waals surface area contributed by atoms with Crippen LogP contribution in [-0.4, -0.2) is 12.1 Å². The molecule has 0 atom stereocenters. The van der Waals surface area contributed by atoms with E-state index in [0.717, 1.165) is 21.1 Å². The lowest BCUT2D eigenvalue weighted by Gasteiger charge is -2.01. The van der Waals surface area contributed by atoms with Gasteiger partial charge in [-0.15, -0.1) is 0 Å². The van der Waals surface area contributed by atoms with Gasteiger partial charge in [-0.2, -0.15) is 0 Å². The largest absolute Gasteiger partial charge is 0.495 e. The van der Waals surface area contributed by atoms with Crippen molar-refractivity contribution in [2.24, 2.45) is 0 Å². The van der Waals surface area contributed by atoms with E-state index in [0.29, 0.717) is 0 Å². The number of methoxy groups -OCH3 is 1. The molecule has 0 aliphatic rings. The monoisotopic (exact) mass is 224 g/mol. The number of halogens is 1. The molecule has 0 bridgehead atoms. The van der Waals surface area contributed by atoms with Crippen molar-refractivity contribution in [1.29, 1.82) is 0 Å². The number of benzene rings is 1. The summed E-state index contributed by atoms with van der Waals surface area (Å²) in [6.07, 6.45) is 2.91. The van der Waals surface area contributed by atoms with Gasteiger partial charge in [-0.25, -0.2) is 0 Å². The molecule has 0 unspecified atom stereocenters. The molecule has 0 fully saturated rings. The highest BCUT2D eigenvalue weighted by Gasteiger charge is 2.03. The maximum absolute atomic E-state index is 5.19. The SMILES string of the molecule is COc1cc(Br)cc2c[c][nH]c12. The third kappa shape index (κ3) is 1.10. The highest BCUT2D eigenvalue weighted by molar-refractivity contribution is 9.10. The Morgan fingerprint density at radius 1 is 1.50 bits per heavy atom. The zero-order chi connectivity index (χ0) is 8.55. The van der Waals surface area contributed by atoms with E-state index in [1.165, 1.54) is 0 Å². The van der Waals surface area contributed by atoms with Crippen molar-refractivity contribution in [3.05, 3.63) is 28.9 Å². The molecule has 2 aromatic rings. The first-order valence-corrected chi connectivity index (χ1v) is 4.33. The van der Waals surface area contributed by atoms with Gasteiger partial charge in [0, 0.05) is 9.86 Å². The van der Waals surface area contributed by atoms with Gasteiger partial charge in [-0.3, -0.25) is 0 Å². The predicted octanol–water partition coefficient (Wildman–Crippen LogP) is 2.74. The molecule has 0 aliphatic heterocycles. The molecule has 2 rings (SSSR count). The van der Waals surface area contributed by atoms with Crippen LogP contribution < -0.4 is 4.74 Å². The number of hydrogen-bond acceptors (Lipinski definition) is 1. The molecule has 2 nitrogen and oxygen atoms in total. The van der Waals surface area contributed by atoms with Crippen LogP contribution in [0.25, 0.3) is 10.9 Å². The van der Waals surface area contributed by atoms with Gasteiger partial charge in [0.2, 0.25) is 0 Å². The van der Waals surface area contributed by atoms with Crippen molar-refractivity contribution < 1.29 is 4.74 Å². The topological polar surface area (TPSA) is 25.0 Å². The molecule has 61 valence electrons. The minimum absolute atomic E-state index is 0.834. The Kier molecular flexibility index (Phi) is 1.81. The lowest BCUT2D eigenvalue weighted by Crippen LogP contribution is -1.83. The van der Waals surface area contributed by atoms with Gasteiger partial charge in [-0.05, 0) is 18.2 Å². The lowest BCUT2D eigenvalue weighted by atomic mass is 10.2. The molecule has 0 saturated carbocycles. The fraction of sp³-hybridized carbons (Fsp3) is 0.111. The van der Waals surface area contributed by atoms with Crippen LogP contribution in [0.15, 0.2) is 22.7 Å². The minimum atomic E-state index is 0.834. The van der Waals surface area contributed by atoms with E-state index in [9.17, 15) is 0 Å². The van der Waals surface area contributed by atoms with Crippen molar-refractivity contribution in [2.45, 2.75) is 0 Å². The number of fused-ring (bicyclic) bond motifs is 1. The highest BCUT2D eigenvalue weighted by Crippen LogP contribution is 2.28. The van der Waals surface area contributed by atoms with Gasteiger partial charge in [-0.1, -0.05) is 15.9 Å². The minimum Gasteiger partial charge on any atom is -0.495 e. The maximum atomic E-state index is 5.19. The fourth-order valence-electron chi connectivity index (χ4n) is 1.20. The van der Waals surface area contributed by atoms with Crippen LogP contribution in [0, 0.1) is 6.20 Å². The lowest BCUT2D eigenvalue weighted by molar-refractivity contribution is 0.418. The summed E-state index contributed by atoms with van der Waals surface area (Å²) < 4.78 is 6.20. The molecule has 1 aromatic carbocycles. The first-order valence-electron chi connectivity index (χ1n) is 3.53. The second kappa shape index (κ2) is 2.83. The number of aromatic nitrogens is 1. The van der Waals surface area contributed by atoms with Crippen LogP contribution in [0.2, 0.25) is 0 Å². The predicted molar refractivity (Wildman–Crippen MR) is 51.4 cm³/mol. The first-order chi connectivity index (χ1) is 5.81. The molecule has 0 saturated heterocycles. The smallest absolute Gasteiger partial charge is 0.144 e. The summed E-state index contributed by atoms with van der Waals surface area (Å²) in [7, 11) is 1.65. The standard InChI is InChI=1S/C9H7BrNO/c1-12-8-5-7(10)4-6-2-3-11-9(6)8/h2,4-5,11H,1H3. The summed E-state index contributed by atoms with van der Waals surface area (Å²) in [5.41, 5.74) is 0.987. The quantitative estimate of drug-likeness (QED) is 0.792. The third-order valence-corrected chi connectivity index (χ3v) is 2.20. The molecule has 0 aliphatic carbocycles. The summed E-state index contributed by atoms with van der Waals surface area (Å²) in [5.74, 6) is 0.834. The highest BCUT2D eigenvalue weighted by atomic mass is 79.9. The molecule has 12 heavy (non-hydrogen) atoms. The van der Waals surface area contributed by atoms with Crippen molar-refractivity contribution in [3.8, 4) is 5.75 Å². The number of ether oxygens (including phenoxy) is 1. The van der Waals surface area contributed by atoms with Crippen molar-refractivity contribution in [2.75, 3.05) is 7.11 Å². The zero-order valence-electron chi connectivity index (χ0n) is 6.52. The molecule has 0 spiro atoms. The number of H-pyrrole nitrogens is 1. The van der Waals surface area contributed by atoms with Crippen LogP contribution in [-0.2, 0) is 0 Å². The van der Waals surface area contributed by atoms with Gasteiger partial charge in [0.1, 0.15) is 5.75 Å². The Morgan fingerprint density at radius 3 is 3.08 bits per heavy atom. The Hall–Kier alpha value is -0.960. The second-order valence-corrected chi connectivity index (χ2v) is 3.40. The molecule has 1 heterocycles. The second-order valence-electron chi connectivity index (χ2n) is 2.49. The average Bonchev–Trinajstić information content (AvgIpc) is 2.50. The van der Waals surface area contributed by atoms with Crippen LogP contribution in [0.3, 0.4) is 0 Å². The van der Waals surface area contributed by atoms with Crippen molar-refractivity contribution in [3.63, 3.8) is 0 Å². The molecule has 1 aromatic heterocycles. The van der Waals surface area contributed by atoms with E-state index < -0.39 is 0 Å². The van der Waals surface area contributed by atoms with Gasteiger partial charge in [0.25, 0.3) is 0 Å². The summed E-state index contributed by atoms with van der Waals surface area (Å²) in [4.78, 5) is 3.00. The molecule has 1 radical (unpaired) electrons. The van der Waals surface area contributed by atoms with Crippen LogP contribution in [0.4, 0.5) is 0 Å². The van der Waals surface area contributed by atoms with Gasteiger partial charge >= 0.3 is 0 Å². The summed E-state index contributed by atoms with van der Waals surface area (Å²) in [5, 5.41) is 1.10. The molecular weight excluding hydrogens is 218 g/mol. The van der Waals surface area contributed by atoms with E-state index in [1.54, 1.807) is 7.11 Å². The third-order valence-electron chi connectivity index (χ3n) is 1.74. The summed E-state index contributed by atoms with van der Waals surface area (Å²) in [6, 6.07) is 5.83. The van der Waals surface area contributed by atoms with E-state index >= 15 is 0 Å². The fourth-order valence-corrected chi connectivity index (χ4v) is 1.65. The van der Waals surface area contributed by atoms with E-state index in [4.69, 9.17) is 4.74 Å². The van der Waals surface area contributed by atoms with Gasteiger partial charge in [0.05, 0.1) is 18.8 Å². The normalized spacial score (nSPS) is 10.5. The Bertz CT molecular complexity index is 408. The summed E-state index contributed by atoms with van der Waals surface area (Å²) >= 11 is 3.40. The first kappa shape index (κ1) is 7.68. The maximum Gasteiger partial charge on any atom is 0.144 e.